The van der Waals surface area contributed by atoms with Gasteiger partial charge in [-0.05, 0) is 26.2 Å². The van der Waals surface area contributed by atoms with Crippen LogP contribution in [0.1, 0.15) is 36.5 Å². The van der Waals surface area contributed by atoms with Gasteiger partial charge in [-0.1, -0.05) is 0 Å². The summed E-state index contributed by atoms with van der Waals surface area (Å²) >= 11 is 0. The molecule has 2 heterocycles. The molecule has 9 nitrogen and oxygen atoms in total. The van der Waals surface area contributed by atoms with Gasteiger partial charge in [-0.15, -0.1) is 0 Å². The summed E-state index contributed by atoms with van der Waals surface area (Å²) in [5.41, 5.74) is -0.711. The maximum Gasteiger partial charge on any atom is 0.345 e. The van der Waals surface area contributed by atoms with Crippen molar-refractivity contribution in [2.75, 3.05) is 26.4 Å². The number of nitro groups is 1. The fraction of sp³-hybridized carbons (Fsp3) is 0.529. The Morgan fingerprint density at radius 3 is 2.62 bits per heavy atom. The third-order valence-electron chi connectivity index (χ3n) is 4.53. The first kappa shape index (κ1) is 18.0. The average molecular weight is 364 g/mol. The normalized spacial score (nSPS) is 19.0. The van der Waals surface area contributed by atoms with Gasteiger partial charge in [0.2, 0.25) is 0 Å². The van der Waals surface area contributed by atoms with Crippen LogP contribution in [0.5, 0.6) is 11.5 Å². The number of carbonyl (C=O) groups is 2. The van der Waals surface area contributed by atoms with Gasteiger partial charge < -0.3 is 19.1 Å². The summed E-state index contributed by atoms with van der Waals surface area (Å²) in [5, 5.41) is 11.3. The highest BCUT2D eigenvalue weighted by Crippen LogP contribution is 2.36. The fourth-order valence-corrected chi connectivity index (χ4v) is 3.15. The summed E-state index contributed by atoms with van der Waals surface area (Å²) in [6.07, 6.45) is 2.89. The molecule has 0 saturated carbocycles. The highest BCUT2D eigenvalue weighted by molar-refractivity contribution is 5.96. The van der Waals surface area contributed by atoms with Crippen molar-refractivity contribution in [3.63, 3.8) is 0 Å². The van der Waals surface area contributed by atoms with Crippen molar-refractivity contribution in [3.05, 3.63) is 27.8 Å². The van der Waals surface area contributed by atoms with E-state index < -0.39 is 23.2 Å². The minimum absolute atomic E-state index is 0.0959. The molecule has 1 saturated heterocycles. The summed E-state index contributed by atoms with van der Waals surface area (Å²) in [7, 11) is 0. The standard InChI is InChI=1S/C17H20N2O7/c1-11-4-2-3-5-18(11)16(20)10-26-17(21)12-8-14-15(25-7-6-24-14)9-13(12)19(22)23/h8-9,11H,2-7,10H2,1H3. The van der Waals surface area contributed by atoms with Gasteiger partial charge in [-0.3, -0.25) is 14.9 Å². The first-order chi connectivity index (χ1) is 12.5. The number of ether oxygens (including phenoxy) is 3. The highest BCUT2D eigenvalue weighted by atomic mass is 16.6. The molecule has 0 aliphatic carbocycles. The van der Waals surface area contributed by atoms with E-state index in [1.54, 1.807) is 4.90 Å². The molecule has 1 unspecified atom stereocenters. The topological polar surface area (TPSA) is 108 Å². The largest absolute Gasteiger partial charge is 0.486 e. The number of piperidine rings is 1. The molecule has 1 aromatic carbocycles. The Balaban J connectivity index is 1.72. The predicted octanol–water partition coefficient (Wildman–Crippen LogP) is 1.92. The predicted molar refractivity (Wildman–Crippen MR) is 89.4 cm³/mol. The van der Waals surface area contributed by atoms with E-state index in [1.807, 2.05) is 6.92 Å². The number of esters is 1. The molecule has 140 valence electrons. The molecule has 0 radical (unpaired) electrons. The second kappa shape index (κ2) is 7.59. The minimum Gasteiger partial charge on any atom is -0.486 e. The lowest BCUT2D eigenvalue weighted by Crippen LogP contribution is -2.44. The molecular weight excluding hydrogens is 344 g/mol. The van der Waals surface area contributed by atoms with Crippen LogP contribution in [0.25, 0.3) is 0 Å². The molecule has 1 amide bonds. The molecular formula is C17H20N2O7. The molecule has 2 aliphatic rings. The van der Waals surface area contributed by atoms with Gasteiger partial charge in [-0.25, -0.2) is 4.79 Å². The van der Waals surface area contributed by atoms with Crippen LogP contribution in [0.3, 0.4) is 0 Å². The fourth-order valence-electron chi connectivity index (χ4n) is 3.15. The van der Waals surface area contributed by atoms with Crippen LogP contribution in [0, 0.1) is 10.1 Å². The molecule has 26 heavy (non-hydrogen) atoms. The summed E-state index contributed by atoms with van der Waals surface area (Å²) in [6, 6.07) is 2.46. The number of amides is 1. The quantitative estimate of drug-likeness (QED) is 0.456. The lowest BCUT2D eigenvalue weighted by molar-refractivity contribution is -0.385. The number of hydrogen-bond donors (Lipinski definition) is 0. The molecule has 1 atom stereocenters. The lowest BCUT2D eigenvalue weighted by atomic mass is 10.0. The molecule has 0 N–H and O–H groups in total. The number of nitro benzene ring substituents is 1. The Bertz CT molecular complexity index is 734. The Morgan fingerprint density at radius 2 is 1.96 bits per heavy atom. The number of benzene rings is 1. The van der Waals surface area contributed by atoms with Crippen LogP contribution >= 0.6 is 0 Å². The Kier molecular flexibility index (Phi) is 5.24. The van der Waals surface area contributed by atoms with Gasteiger partial charge in [0.05, 0.1) is 11.0 Å². The minimum atomic E-state index is -0.938. The van der Waals surface area contributed by atoms with Gasteiger partial charge in [0.15, 0.2) is 18.1 Å². The maximum absolute atomic E-state index is 12.3. The van der Waals surface area contributed by atoms with E-state index in [4.69, 9.17) is 14.2 Å². The molecule has 0 bridgehead atoms. The summed E-state index contributed by atoms with van der Waals surface area (Å²) in [4.78, 5) is 36.8. The van der Waals surface area contributed by atoms with E-state index >= 15 is 0 Å². The van der Waals surface area contributed by atoms with Crippen LogP contribution in [-0.4, -0.2) is 54.1 Å². The first-order valence-electron chi connectivity index (χ1n) is 8.52. The number of rotatable bonds is 4. The van der Waals surface area contributed by atoms with Crippen LogP contribution in [0.2, 0.25) is 0 Å². The van der Waals surface area contributed by atoms with Gasteiger partial charge in [0.25, 0.3) is 11.6 Å². The van der Waals surface area contributed by atoms with E-state index in [0.29, 0.717) is 6.54 Å². The van der Waals surface area contributed by atoms with Crippen molar-refractivity contribution in [2.24, 2.45) is 0 Å². The number of carbonyl (C=O) groups excluding carboxylic acids is 2. The van der Waals surface area contributed by atoms with E-state index in [-0.39, 0.29) is 42.2 Å². The van der Waals surface area contributed by atoms with Crippen molar-refractivity contribution in [3.8, 4) is 11.5 Å². The van der Waals surface area contributed by atoms with Crippen molar-refractivity contribution in [1.29, 1.82) is 0 Å². The number of fused-ring (bicyclic) bond motifs is 1. The first-order valence-corrected chi connectivity index (χ1v) is 8.52. The van der Waals surface area contributed by atoms with E-state index in [0.717, 1.165) is 25.3 Å². The summed E-state index contributed by atoms with van der Waals surface area (Å²) in [5.74, 6) is -0.792. The second-order valence-corrected chi connectivity index (χ2v) is 6.28. The SMILES string of the molecule is CC1CCCCN1C(=O)COC(=O)c1cc2c(cc1[N+](=O)[O-])OCCO2. The monoisotopic (exact) mass is 364 g/mol. The molecule has 0 spiro atoms. The van der Waals surface area contributed by atoms with Gasteiger partial charge in [-0.2, -0.15) is 0 Å². The summed E-state index contributed by atoms with van der Waals surface area (Å²) in [6.45, 7) is 2.68. The molecule has 0 aromatic heterocycles. The zero-order valence-corrected chi connectivity index (χ0v) is 14.4. The van der Waals surface area contributed by atoms with Crippen molar-refractivity contribution in [1.82, 2.24) is 4.90 Å². The molecule has 2 aliphatic heterocycles. The third kappa shape index (κ3) is 3.71. The second-order valence-electron chi connectivity index (χ2n) is 6.28. The van der Waals surface area contributed by atoms with Crippen LogP contribution in [0.15, 0.2) is 12.1 Å². The molecule has 3 rings (SSSR count). The number of likely N-dealkylation sites (tertiary alicyclic amines) is 1. The van der Waals surface area contributed by atoms with Gasteiger partial charge in [0, 0.05) is 18.7 Å². The highest BCUT2D eigenvalue weighted by Gasteiger charge is 2.29. The van der Waals surface area contributed by atoms with Crippen LogP contribution < -0.4 is 9.47 Å². The van der Waals surface area contributed by atoms with Crippen molar-refractivity contribution >= 4 is 17.6 Å². The Labute approximate surface area is 150 Å². The Hall–Kier alpha value is -2.84. The molecule has 1 aromatic rings. The summed E-state index contributed by atoms with van der Waals surface area (Å²) < 4.78 is 15.7. The lowest BCUT2D eigenvalue weighted by Gasteiger charge is -2.33. The number of hydrogen-bond acceptors (Lipinski definition) is 7. The van der Waals surface area contributed by atoms with Crippen LogP contribution in [-0.2, 0) is 9.53 Å². The van der Waals surface area contributed by atoms with Crippen LogP contribution in [0.4, 0.5) is 5.69 Å². The molecule has 9 heteroatoms. The van der Waals surface area contributed by atoms with E-state index in [2.05, 4.69) is 0 Å². The van der Waals surface area contributed by atoms with Gasteiger partial charge >= 0.3 is 5.97 Å². The van der Waals surface area contributed by atoms with Gasteiger partial charge in [0.1, 0.15) is 18.8 Å². The van der Waals surface area contributed by atoms with Crippen molar-refractivity contribution < 1.29 is 28.7 Å². The zero-order valence-electron chi connectivity index (χ0n) is 14.4. The number of nitrogens with zero attached hydrogens (tertiary/aromatic N) is 2. The Morgan fingerprint density at radius 1 is 1.27 bits per heavy atom. The maximum atomic E-state index is 12.3. The molecule has 1 fully saturated rings. The smallest absolute Gasteiger partial charge is 0.345 e. The van der Waals surface area contributed by atoms with Crippen molar-refractivity contribution in [2.45, 2.75) is 32.2 Å². The average Bonchev–Trinajstić information content (AvgIpc) is 2.65. The third-order valence-corrected chi connectivity index (χ3v) is 4.53. The van der Waals surface area contributed by atoms with E-state index in [9.17, 15) is 19.7 Å². The zero-order chi connectivity index (χ0) is 18.7. The van der Waals surface area contributed by atoms with E-state index in [1.165, 1.54) is 6.07 Å².